The van der Waals surface area contributed by atoms with Gasteiger partial charge in [0.1, 0.15) is 11.6 Å². The van der Waals surface area contributed by atoms with E-state index in [1.54, 1.807) is 19.2 Å². The average Bonchev–Trinajstić information content (AvgIpc) is 2.73. The number of ether oxygens (including phenoxy) is 1. The van der Waals surface area contributed by atoms with E-state index in [0.29, 0.717) is 28.2 Å². The molecule has 100 valence electrons. The van der Waals surface area contributed by atoms with Gasteiger partial charge in [-0.05, 0) is 54.0 Å². The Hall–Kier alpha value is -0.650. The van der Waals surface area contributed by atoms with Crippen LogP contribution in [0, 0.1) is 11.7 Å². The van der Waals surface area contributed by atoms with Crippen LogP contribution in [0.2, 0.25) is 0 Å². The molecule has 1 aromatic rings. The molecule has 2 N–H and O–H groups in total. The standard InChI is InChI=1S/C13H18BrFN2O/c1-17-7-8(6-16)5-10(17)12-11(18-2)4-3-9(14)13(12)15/h3-4,8,10H,5-7,16H2,1-2H3. The van der Waals surface area contributed by atoms with E-state index in [2.05, 4.69) is 20.8 Å². The quantitative estimate of drug-likeness (QED) is 0.931. The molecule has 0 spiro atoms. The molecule has 1 aliphatic rings. The van der Waals surface area contributed by atoms with Gasteiger partial charge in [-0.25, -0.2) is 4.39 Å². The summed E-state index contributed by atoms with van der Waals surface area (Å²) in [5.74, 6) is 0.789. The van der Waals surface area contributed by atoms with Crippen LogP contribution in [0.5, 0.6) is 5.75 Å². The second-order valence-electron chi connectivity index (χ2n) is 4.77. The zero-order valence-corrected chi connectivity index (χ0v) is 12.2. The maximum Gasteiger partial charge on any atom is 0.145 e. The molecule has 0 aliphatic carbocycles. The van der Waals surface area contributed by atoms with Crippen molar-refractivity contribution in [2.24, 2.45) is 11.7 Å². The Morgan fingerprint density at radius 1 is 1.56 bits per heavy atom. The minimum atomic E-state index is -0.233. The fraction of sp³-hybridized carbons (Fsp3) is 0.538. The van der Waals surface area contributed by atoms with Crippen molar-refractivity contribution in [2.75, 3.05) is 27.2 Å². The predicted octanol–water partition coefficient (Wildman–Crippen LogP) is 2.55. The Labute approximate surface area is 115 Å². The lowest BCUT2D eigenvalue weighted by Crippen LogP contribution is -2.21. The third kappa shape index (κ3) is 2.39. The smallest absolute Gasteiger partial charge is 0.145 e. The van der Waals surface area contributed by atoms with Gasteiger partial charge in [0.2, 0.25) is 0 Å². The monoisotopic (exact) mass is 316 g/mol. The molecule has 0 bridgehead atoms. The van der Waals surface area contributed by atoms with Crippen LogP contribution in [-0.2, 0) is 0 Å². The maximum atomic E-state index is 14.3. The van der Waals surface area contributed by atoms with Crippen LogP contribution in [0.3, 0.4) is 0 Å². The van der Waals surface area contributed by atoms with Gasteiger partial charge >= 0.3 is 0 Å². The summed E-state index contributed by atoms with van der Waals surface area (Å²) in [6, 6.07) is 3.50. The highest BCUT2D eigenvalue weighted by molar-refractivity contribution is 9.10. The van der Waals surface area contributed by atoms with Crippen molar-refractivity contribution in [1.82, 2.24) is 4.90 Å². The number of rotatable bonds is 3. The summed E-state index contributed by atoms with van der Waals surface area (Å²) in [6.45, 7) is 1.54. The summed E-state index contributed by atoms with van der Waals surface area (Å²) in [6.07, 6.45) is 0.872. The molecule has 0 radical (unpaired) electrons. The number of likely N-dealkylation sites (tertiary alicyclic amines) is 1. The molecule has 2 atom stereocenters. The van der Waals surface area contributed by atoms with Crippen molar-refractivity contribution in [2.45, 2.75) is 12.5 Å². The predicted molar refractivity (Wildman–Crippen MR) is 73.2 cm³/mol. The largest absolute Gasteiger partial charge is 0.496 e. The summed E-state index contributed by atoms with van der Waals surface area (Å²) in [7, 11) is 3.57. The maximum absolute atomic E-state index is 14.3. The van der Waals surface area contributed by atoms with Gasteiger partial charge in [-0.3, -0.25) is 4.90 Å². The highest BCUT2D eigenvalue weighted by Crippen LogP contribution is 2.41. The fourth-order valence-electron chi connectivity index (χ4n) is 2.65. The third-order valence-corrected chi connectivity index (χ3v) is 4.23. The summed E-state index contributed by atoms with van der Waals surface area (Å²) >= 11 is 3.23. The van der Waals surface area contributed by atoms with Crippen molar-refractivity contribution in [3.63, 3.8) is 0 Å². The van der Waals surface area contributed by atoms with Gasteiger partial charge in [-0.15, -0.1) is 0 Å². The first-order chi connectivity index (χ1) is 8.58. The fourth-order valence-corrected chi connectivity index (χ4v) is 3.00. The second kappa shape index (κ2) is 5.55. The van der Waals surface area contributed by atoms with E-state index in [9.17, 15) is 4.39 Å². The van der Waals surface area contributed by atoms with Crippen LogP contribution in [0.4, 0.5) is 4.39 Å². The Kier molecular flexibility index (Phi) is 4.25. The summed E-state index contributed by atoms with van der Waals surface area (Å²) in [5, 5.41) is 0. The van der Waals surface area contributed by atoms with Gasteiger partial charge in [-0.2, -0.15) is 0 Å². The topological polar surface area (TPSA) is 38.5 Å². The Balaban J connectivity index is 2.41. The van der Waals surface area contributed by atoms with Gasteiger partial charge in [0, 0.05) is 18.2 Å². The van der Waals surface area contributed by atoms with Crippen molar-refractivity contribution >= 4 is 15.9 Å². The van der Waals surface area contributed by atoms with E-state index < -0.39 is 0 Å². The Morgan fingerprint density at radius 2 is 2.28 bits per heavy atom. The third-order valence-electron chi connectivity index (χ3n) is 3.61. The number of halogens is 2. The molecule has 1 heterocycles. The molecule has 18 heavy (non-hydrogen) atoms. The molecule has 2 unspecified atom stereocenters. The molecular weight excluding hydrogens is 299 g/mol. The van der Waals surface area contributed by atoms with E-state index >= 15 is 0 Å². The minimum absolute atomic E-state index is 0.0333. The number of nitrogens with zero attached hydrogens (tertiary/aromatic N) is 1. The molecule has 0 aromatic heterocycles. The van der Waals surface area contributed by atoms with Crippen molar-refractivity contribution in [1.29, 1.82) is 0 Å². The molecular formula is C13H18BrFN2O. The molecule has 1 aliphatic heterocycles. The lowest BCUT2D eigenvalue weighted by Gasteiger charge is -2.22. The van der Waals surface area contributed by atoms with Crippen LogP contribution >= 0.6 is 15.9 Å². The van der Waals surface area contributed by atoms with Gasteiger partial charge in [0.05, 0.1) is 11.6 Å². The second-order valence-corrected chi connectivity index (χ2v) is 5.62. The lowest BCUT2D eigenvalue weighted by atomic mass is 9.98. The first kappa shape index (κ1) is 13.8. The molecule has 1 fully saturated rings. The number of nitrogens with two attached hydrogens (primary N) is 1. The van der Waals surface area contributed by atoms with Crippen molar-refractivity contribution in [3.05, 3.63) is 28.0 Å². The zero-order chi connectivity index (χ0) is 13.3. The van der Waals surface area contributed by atoms with Gasteiger partial charge in [0.25, 0.3) is 0 Å². The molecule has 2 rings (SSSR count). The van der Waals surface area contributed by atoms with E-state index in [1.807, 2.05) is 7.05 Å². The van der Waals surface area contributed by atoms with E-state index in [0.717, 1.165) is 13.0 Å². The SMILES string of the molecule is COc1ccc(Br)c(F)c1C1CC(CN)CN1C. The summed E-state index contributed by atoms with van der Waals surface area (Å²) < 4.78 is 20.1. The number of methoxy groups -OCH3 is 1. The molecule has 0 amide bonds. The van der Waals surface area contributed by atoms with Crippen LogP contribution in [0.15, 0.2) is 16.6 Å². The van der Waals surface area contributed by atoms with Gasteiger partial charge in [-0.1, -0.05) is 0 Å². The zero-order valence-electron chi connectivity index (χ0n) is 10.6. The summed E-state index contributed by atoms with van der Waals surface area (Å²) in [5.41, 5.74) is 6.34. The molecule has 1 saturated heterocycles. The van der Waals surface area contributed by atoms with E-state index in [4.69, 9.17) is 10.5 Å². The highest BCUT2D eigenvalue weighted by atomic mass is 79.9. The van der Waals surface area contributed by atoms with E-state index in [1.165, 1.54) is 0 Å². The van der Waals surface area contributed by atoms with Gasteiger partial charge in [0.15, 0.2) is 0 Å². The van der Waals surface area contributed by atoms with Crippen LogP contribution in [0.1, 0.15) is 18.0 Å². The first-order valence-electron chi connectivity index (χ1n) is 6.00. The van der Waals surface area contributed by atoms with Crippen molar-refractivity contribution < 1.29 is 9.13 Å². The molecule has 1 aromatic carbocycles. The number of hydrogen-bond acceptors (Lipinski definition) is 3. The van der Waals surface area contributed by atoms with Crippen LogP contribution < -0.4 is 10.5 Å². The number of benzene rings is 1. The van der Waals surface area contributed by atoms with Crippen LogP contribution in [0.25, 0.3) is 0 Å². The normalized spacial score (nSPS) is 24.5. The Morgan fingerprint density at radius 3 is 2.83 bits per heavy atom. The molecule has 5 heteroatoms. The number of hydrogen-bond donors (Lipinski definition) is 1. The van der Waals surface area contributed by atoms with Crippen molar-refractivity contribution in [3.8, 4) is 5.75 Å². The summed E-state index contributed by atoms with van der Waals surface area (Å²) in [4.78, 5) is 2.14. The average molecular weight is 317 g/mol. The Bertz CT molecular complexity index is 441. The van der Waals surface area contributed by atoms with Crippen LogP contribution in [-0.4, -0.2) is 32.1 Å². The molecule has 3 nitrogen and oxygen atoms in total. The van der Waals surface area contributed by atoms with E-state index in [-0.39, 0.29) is 11.9 Å². The molecule has 0 saturated carbocycles. The van der Waals surface area contributed by atoms with Gasteiger partial charge < -0.3 is 10.5 Å². The first-order valence-corrected chi connectivity index (χ1v) is 6.80. The minimum Gasteiger partial charge on any atom is -0.496 e. The lowest BCUT2D eigenvalue weighted by molar-refractivity contribution is 0.294. The highest BCUT2D eigenvalue weighted by Gasteiger charge is 2.34.